The Morgan fingerprint density at radius 1 is 1.14 bits per heavy atom. The molecule has 1 saturated heterocycles. The minimum absolute atomic E-state index is 0. The lowest BCUT2D eigenvalue weighted by Crippen LogP contribution is -2.50. The Balaban J connectivity index is 0.00000400. The number of hydrogen-bond acceptors (Lipinski definition) is 5. The third-order valence-corrected chi connectivity index (χ3v) is 2.93. The number of primary amides is 1. The first-order valence-electron chi connectivity index (χ1n) is 6.28. The van der Waals surface area contributed by atoms with Crippen LogP contribution in [0.4, 0.5) is 0 Å². The van der Waals surface area contributed by atoms with Crippen LogP contribution in [0.3, 0.4) is 0 Å². The predicted octanol–water partition coefficient (Wildman–Crippen LogP) is -2.92. The summed E-state index contributed by atoms with van der Waals surface area (Å²) in [5.74, 6) is -1.88. The highest BCUT2D eigenvalue weighted by molar-refractivity contribution is 5.92. The Morgan fingerprint density at radius 3 is 2.38 bits per heavy atom. The molecular formula is C11H20ClN5O4. The van der Waals surface area contributed by atoms with Gasteiger partial charge in [0.1, 0.15) is 6.04 Å². The van der Waals surface area contributed by atoms with E-state index in [9.17, 15) is 19.2 Å². The summed E-state index contributed by atoms with van der Waals surface area (Å²) in [5, 5.41) is 4.66. The second kappa shape index (κ2) is 9.14. The zero-order valence-electron chi connectivity index (χ0n) is 11.5. The Bertz CT molecular complexity index is 417. The van der Waals surface area contributed by atoms with Crippen molar-refractivity contribution < 1.29 is 19.2 Å². The molecule has 0 radical (unpaired) electrons. The van der Waals surface area contributed by atoms with Crippen molar-refractivity contribution in [3.05, 3.63) is 0 Å². The standard InChI is InChI=1S/C11H19N5O4.ClH/c12-4-10(19)16-3-1-2-7(16)11(20)15-6-9(18)14-5-8(13)17;/h7H,1-6,12H2,(H2,13,17)(H,14,18)(H,15,20);1H/t7-;/m0./s1. The molecule has 1 rings (SSSR count). The van der Waals surface area contributed by atoms with Crippen molar-refractivity contribution in [2.45, 2.75) is 18.9 Å². The Kier molecular flexibility index (Phi) is 8.32. The summed E-state index contributed by atoms with van der Waals surface area (Å²) in [6, 6.07) is -0.588. The number of likely N-dealkylation sites (tertiary alicyclic amines) is 1. The van der Waals surface area contributed by atoms with E-state index in [-0.39, 0.29) is 37.9 Å². The van der Waals surface area contributed by atoms with Crippen molar-refractivity contribution in [3.8, 4) is 0 Å². The predicted molar refractivity (Wildman–Crippen MR) is 76.3 cm³/mol. The highest BCUT2D eigenvalue weighted by Gasteiger charge is 2.33. The van der Waals surface area contributed by atoms with Gasteiger partial charge < -0.3 is 27.0 Å². The zero-order valence-corrected chi connectivity index (χ0v) is 12.3. The van der Waals surface area contributed by atoms with E-state index in [0.717, 1.165) is 6.42 Å². The normalized spacial score (nSPS) is 16.8. The SMILES string of the molecule is Cl.NCC(=O)N1CCC[C@H]1C(=O)NCC(=O)NCC(N)=O. The molecule has 0 spiro atoms. The molecule has 1 heterocycles. The van der Waals surface area contributed by atoms with Crippen molar-refractivity contribution in [2.24, 2.45) is 11.5 Å². The highest BCUT2D eigenvalue weighted by Crippen LogP contribution is 2.16. The average molecular weight is 322 g/mol. The maximum absolute atomic E-state index is 11.9. The largest absolute Gasteiger partial charge is 0.368 e. The van der Waals surface area contributed by atoms with E-state index < -0.39 is 23.8 Å². The summed E-state index contributed by atoms with van der Waals surface area (Å²) in [6.07, 6.45) is 1.26. The van der Waals surface area contributed by atoms with Gasteiger partial charge in [-0.25, -0.2) is 0 Å². The minimum Gasteiger partial charge on any atom is -0.368 e. The highest BCUT2D eigenvalue weighted by atomic mass is 35.5. The summed E-state index contributed by atoms with van der Waals surface area (Å²) in [5.41, 5.74) is 10.1. The van der Waals surface area contributed by atoms with Gasteiger partial charge in [-0.1, -0.05) is 0 Å². The number of nitrogens with one attached hydrogen (secondary N) is 2. The molecular weight excluding hydrogens is 302 g/mol. The quantitative estimate of drug-likeness (QED) is 0.413. The molecule has 6 N–H and O–H groups in total. The summed E-state index contributed by atoms with van der Waals surface area (Å²) >= 11 is 0. The van der Waals surface area contributed by atoms with Crippen LogP contribution >= 0.6 is 12.4 Å². The van der Waals surface area contributed by atoms with Gasteiger partial charge in [0.2, 0.25) is 23.6 Å². The zero-order chi connectivity index (χ0) is 15.1. The van der Waals surface area contributed by atoms with Crippen LogP contribution in [0.2, 0.25) is 0 Å². The van der Waals surface area contributed by atoms with E-state index in [2.05, 4.69) is 10.6 Å². The number of rotatable bonds is 6. The fourth-order valence-electron chi connectivity index (χ4n) is 1.99. The lowest BCUT2D eigenvalue weighted by atomic mass is 10.2. The lowest BCUT2D eigenvalue weighted by molar-refractivity contribution is -0.137. The van der Waals surface area contributed by atoms with E-state index in [0.29, 0.717) is 13.0 Å². The summed E-state index contributed by atoms with van der Waals surface area (Å²) in [4.78, 5) is 46.6. The molecule has 0 bridgehead atoms. The molecule has 10 heteroatoms. The van der Waals surface area contributed by atoms with Crippen LogP contribution in [0.15, 0.2) is 0 Å². The van der Waals surface area contributed by atoms with E-state index >= 15 is 0 Å². The van der Waals surface area contributed by atoms with Crippen molar-refractivity contribution in [1.29, 1.82) is 0 Å². The van der Waals surface area contributed by atoms with Gasteiger partial charge in [-0.3, -0.25) is 19.2 Å². The Labute approximate surface area is 128 Å². The van der Waals surface area contributed by atoms with Gasteiger partial charge in [-0.2, -0.15) is 0 Å². The van der Waals surface area contributed by atoms with Crippen LogP contribution in [0, 0.1) is 0 Å². The monoisotopic (exact) mass is 321 g/mol. The van der Waals surface area contributed by atoms with Crippen molar-refractivity contribution in [1.82, 2.24) is 15.5 Å². The van der Waals surface area contributed by atoms with Crippen LogP contribution in [0.5, 0.6) is 0 Å². The molecule has 0 aromatic rings. The summed E-state index contributed by atoms with van der Waals surface area (Å²) < 4.78 is 0. The van der Waals surface area contributed by atoms with Crippen molar-refractivity contribution in [2.75, 3.05) is 26.2 Å². The maximum atomic E-state index is 11.9. The molecule has 0 aromatic carbocycles. The van der Waals surface area contributed by atoms with E-state index in [4.69, 9.17) is 11.5 Å². The van der Waals surface area contributed by atoms with Crippen LogP contribution in [0.25, 0.3) is 0 Å². The molecule has 120 valence electrons. The summed E-state index contributed by atoms with van der Waals surface area (Å²) in [6.45, 7) is -0.214. The van der Waals surface area contributed by atoms with E-state index in [1.807, 2.05) is 0 Å². The average Bonchev–Trinajstić information content (AvgIpc) is 2.90. The third kappa shape index (κ3) is 5.96. The summed E-state index contributed by atoms with van der Waals surface area (Å²) in [7, 11) is 0. The Hall–Kier alpha value is -1.87. The van der Waals surface area contributed by atoms with Crippen molar-refractivity contribution in [3.63, 3.8) is 0 Å². The van der Waals surface area contributed by atoms with Crippen LogP contribution in [0.1, 0.15) is 12.8 Å². The molecule has 4 amide bonds. The molecule has 1 fully saturated rings. The van der Waals surface area contributed by atoms with E-state index in [1.54, 1.807) is 0 Å². The smallest absolute Gasteiger partial charge is 0.243 e. The first-order valence-corrected chi connectivity index (χ1v) is 6.28. The molecule has 0 saturated carbocycles. The number of hydrogen-bond donors (Lipinski definition) is 4. The number of nitrogens with zero attached hydrogens (tertiary/aromatic N) is 1. The number of nitrogens with two attached hydrogens (primary N) is 2. The van der Waals surface area contributed by atoms with Gasteiger partial charge in [0, 0.05) is 6.54 Å². The van der Waals surface area contributed by atoms with Gasteiger partial charge in [-0.15, -0.1) is 12.4 Å². The number of carbonyl (C=O) groups excluding carboxylic acids is 4. The van der Waals surface area contributed by atoms with Gasteiger partial charge in [-0.05, 0) is 12.8 Å². The maximum Gasteiger partial charge on any atom is 0.243 e. The molecule has 1 aliphatic heterocycles. The minimum atomic E-state index is -0.666. The van der Waals surface area contributed by atoms with Crippen LogP contribution in [-0.2, 0) is 19.2 Å². The van der Waals surface area contributed by atoms with Gasteiger partial charge in [0.05, 0.1) is 19.6 Å². The first kappa shape index (κ1) is 19.1. The van der Waals surface area contributed by atoms with Gasteiger partial charge in [0.15, 0.2) is 0 Å². The van der Waals surface area contributed by atoms with Crippen LogP contribution in [-0.4, -0.2) is 60.7 Å². The number of halogens is 1. The fraction of sp³-hybridized carbons (Fsp3) is 0.636. The Morgan fingerprint density at radius 2 is 1.81 bits per heavy atom. The van der Waals surface area contributed by atoms with Crippen molar-refractivity contribution >= 4 is 36.0 Å². The molecule has 1 aliphatic rings. The topological polar surface area (TPSA) is 148 Å². The first-order chi connectivity index (χ1) is 9.45. The third-order valence-electron chi connectivity index (χ3n) is 2.93. The molecule has 21 heavy (non-hydrogen) atoms. The second-order valence-corrected chi connectivity index (χ2v) is 4.41. The van der Waals surface area contributed by atoms with E-state index in [1.165, 1.54) is 4.90 Å². The van der Waals surface area contributed by atoms with Gasteiger partial charge >= 0.3 is 0 Å². The van der Waals surface area contributed by atoms with Crippen LogP contribution < -0.4 is 22.1 Å². The molecule has 1 atom stereocenters. The number of amides is 4. The molecule has 0 aliphatic carbocycles. The molecule has 9 nitrogen and oxygen atoms in total. The van der Waals surface area contributed by atoms with Gasteiger partial charge in [0.25, 0.3) is 0 Å². The fourth-order valence-corrected chi connectivity index (χ4v) is 1.99. The molecule has 0 unspecified atom stereocenters. The molecule has 0 aromatic heterocycles. The lowest BCUT2D eigenvalue weighted by Gasteiger charge is -2.23. The second-order valence-electron chi connectivity index (χ2n) is 4.41. The number of carbonyl (C=O) groups is 4.